The molecule has 0 aliphatic carbocycles. The predicted molar refractivity (Wildman–Crippen MR) is 88.0 cm³/mol. The number of ether oxygens (including phenoxy) is 1. The van der Waals surface area contributed by atoms with Crippen molar-refractivity contribution < 1.29 is 4.74 Å². The third-order valence-corrected chi connectivity index (χ3v) is 4.84. The zero-order valence-corrected chi connectivity index (χ0v) is 13.2. The molecule has 0 saturated carbocycles. The number of hydrogen-bond donors (Lipinski definition) is 1. The van der Waals surface area contributed by atoms with Gasteiger partial charge >= 0.3 is 0 Å². The van der Waals surface area contributed by atoms with E-state index in [4.69, 9.17) is 4.74 Å². The van der Waals surface area contributed by atoms with Crippen LogP contribution in [0.5, 0.6) is 0 Å². The smallest absolute Gasteiger partial charge is 0.0587 e. The standard InChI is InChI=1S/C18H28N2O/c1-2-17-14-16(9-13-21-17)19-10-5-11-20-12-8-15-6-3-4-7-18(15)20/h3-4,6-7,16-17,19H,2,5,8-14H2,1H3. The Morgan fingerprint density at radius 3 is 3.14 bits per heavy atom. The van der Waals surface area contributed by atoms with Crippen LogP contribution in [0.1, 0.15) is 38.2 Å². The predicted octanol–water partition coefficient (Wildman–Crippen LogP) is 2.99. The van der Waals surface area contributed by atoms with Gasteiger partial charge < -0.3 is 15.0 Å². The van der Waals surface area contributed by atoms with E-state index in [2.05, 4.69) is 41.4 Å². The van der Waals surface area contributed by atoms with Crippen LogP contribution in [-0.2, 0) is 11.2 Å². The highest BCUT2D eigenvalue weighted by atomic mass is 16.5. The fourth-order valence-electron chi connectivity index (χ4n) is 3.57. The first kappa shape index (κ1) is 14.9. The first-order valence-corrected chi connectivity index (χ1v) is 8.54. The van der Waals surface area contributed by atoms with Gasteiger partial charge in [-0.05, 0) is 50.3 Å². The van der Waals surface area contributed by atoms with E-state index < -0.39 is 0 Å². The number of anilines is 1. The molecule has 0 radical (unpaired) electrons. The van der Waals surface area contributed by atoms with Gasteiger partial charge in [0, 0.05) is 31.4 Å². The molecule has 3 nitrogen and oxygen atoms in total. The molecule has 2 aliphatic heterocycles. The van der Waals surface area contributed by atoms with Crippen molar-refractivity contribution in [2.45, 2.75) is 51.2 Å². The summed E-state index contributed by atoms with van der Waals surface area (Å²) in [7, 11) is 0. The van der Waals surface area contributed by atoms with Crippen LogP contribution in [0.15, 0.2) is 24.3 Å². The molecule has 2 atom stereocenters. The molecule has 0 aromatic heterocycles. The second-order valence-corrected chi connectivity index (χ2v) is 6.30. The van der Waals surface area contributed by atoms with Gasteiger partial charge in [-0.2, -0.15) is 0 Å². The van der Waals surface area contributed by atoms with E-state index in [-0.39, 0.29) is 0 Å². The zero-order valence-electron chi connectivity index (χ0n) is 13.2. The fourth-order valence-corrected chi connectivity index (χ4v) is 3.57. The highest BCUT2D eigenvalue weighted by Crippen LogP contribution is 2.27. The summed E-state index contributed by atoms with van der Waals surface area (Å²) in [5.74, 6) is 0. The van der Waals surface area contributed by atoms with Gasteiger partial charge in [-0.1, -0.05) is 25.1 Å². The maximum Gasteiger partial charge on any atom is 0.0587 e. The van der Waals surface area contributed by atoms with E-state index in [1.807, 2.05) is 0 Å². The summed E-state index contributed by atoms with van der Waals surface area (Å²) in [5, 5.41) is 3.73. The number of fused-ring (bicyclic) bond motifs is 1. The summed E-state index contributed by atoms with van der Waals surface area (Å²) in [6.07, 6.45) is 6.40. The summed E-state index contributed by atoms with van der Waals surface area (Å²) in [6, 6.07) is 9.50. The first-order valence-electron chi connectivity index (χ1n) is 8.54. The molecule has 0 amide bonds. The Bertz CT molecular complexity index is 449. The lowest BCUT2D eigenvalue weighted by Gasteiger charge is -2.30. The number of nitrogens with one attached hydrogen (secondary N) is 1. The van der Waals surface area contributed by atoms with Crippen LogP contribution >= 0.6 is 0 Å². The number of nitrogens with zero attached hydrogens (tertiary/aromatic N) is 1. The van der Waals surface area contributed by atoms with Crippen molar-refractivity contribution in [1.82, 2.24) is 5.32 Å². The maximum absolute atomic E-state index is 5.74. The van der Waals surface area contributed by atoms with Gasteiger partial charge in [-0.25, -0.2) is 0 Å². The number of para-hydroxylation sites is 1. The van der Waals surface area contributed by atoms with Crippen molar-refractivity contribution in [3.8, 4) is 0 Å². The van der Waals surface area contributed by atoms with Crippen LogP contribution in [0.4, 0.5) is 5.69 Å². The van der Waals surface area contributed by atoms with Gasteiger partial charge in [-0.15, -0.1) is 0 Å². The summed E-state index contributed by atoms with van der Waals surface area (Å²) in [6.45, 7) is 6.63. The fraction of sp³-hybridized carbons (Fsp3) is 0.667. The van der Waals surface area contributed by atoms with Crippen molar-refractivity contribution in [1.29, 1.82) is 0 Å². The summed E-state index contributed by atoms with van der Waals surface area (Å²) in [4.78, 5) is 2.54. The Morgan fingerprint density at radius 1 is 1.33 bits per heavy atom. The minimum Gasteiger partial charge on any atom is -0.378 e. The minimum absolute atomic E-state index is 0.474. The minimum atomic E-state index is 0.474. The second-order valence-electron chi connectivity index (χ2n) is 6.30. The van der Waals surface area contributed by atoms with Gasteiger partial charge in [0.25, 0.3) is 0 Å². The van der Waals surface area contributed by atoms with E-state index in [9.17, 15) is 0 Å². The van der Waals surface area contributed by atoms with E-state index in [1.54, 1.807) is 0 Å². The molecule has 3 rings (SSSR count). The van der Waals surface area contributed by atoms with Gasteiger partial charge in [0.1, 0.15) is 0 Å². The third-order valence-electron chi connectivity index (χ3n) is 4.84. The Morgan fingerprint density at radius 2 is 2.24 bits per heavy atom. The Kier molecular flexibility index (Phi) is 5.15. The van der Waals surface area contributed by atoms with Gasteiger partial charge in [0.15, 0.2) is 0 Å². The summed E-state index contributed by atoms with van der Waals surface area (Å²) < 4.78 is 5.74. The van der Waals surface area contributed by atoms with Crippen molar-refractivity contribution in [3.05, 3.63) is 29.8 Å². The number of hydrogen-bond acceptors (Lipinski definition) is 3. The molecule has 3 heteroatoms. The lowest BCUT2D eigenvalue weighted by molar-refractivity contribution is 0.0000454. The lowest BCUT2D eigenvalue weighted by atomic mass is 10.0. The molecule has 1 N–H and O–H groups in total. The van der Waals surface area contributed by atoms with Gasteiger partial charge in [-0.3, -0.25) is 0 Å². The summed E-state index contributed by atoms with van der Waals surface area (Å²) >= 11 is 0. The van der Waals surface area contributed by atoms with Gasteiger partial charge in [0.05, 0.1) is 6.10 Å². The Labute approximate surface area is 128 Å². The van der Waals surface area contributed by atoms with E-state index in [0.717, 1.165) is 19.6 Å². The summed E-state index contributed by atoms with van der Waals surface area (Å²) in [5.41, 5.74) is 2.97. The Balaban J connectivity index is 1.37. The Hall–Kier alpha value is -1.06. The maximum atomic E-state index is 5.74. The van der Waals surface area contributed by atoms with Crippen molar-refractivity contribution >= 4 is 5.69 Å². The van der Waals surface area contributed by atoms with Crippen LogP contribution in [0, 0.1) is 0 Å². The molecule has 1 fully saturated rings. The van der Waals surface area contributed by atoms with Crippen LogP contribution in [0.2, 0.25) is 0 Å². The second kappa shape index (κ2) is 7.28. The van der Waals surface area contributed by atoms with Crippen LogP contribution < -0.4 is 10.2 Å². The molecule has 1 aromatic carbocycles. The van der Waals surface area contributed by atoms with E-state index in [1.165, 1.54) is 50.0 Å². The molecule has 116 valence electrons. The van der Waals surface area contributed by atoms with Crippen LogP contribution in [0.3, 0.4) is 0 Å². The SMILES string of the molecule is CCC1CC(NCCCN2CCc3ccccc32)CCO1. The monoisotopic (exact) mass is 288 g/mol. The van der Waals surface area contributed by atoms with E-state index in [0.29, 0.717) is 12.1 Å². The van der Waals surface area contributed by atoms with Crippen LogP contribution in [-0.4, -0.2) is 38.4 Å². The molecule has 2 heterocycles. The first-order chi connectivity index (χ1) is 10.4. The van der Waals surface area contributed by atoms with Gasteiger partial charge in [0.2, 0.25) is 0 Å². The molecule has 0 spiro atoms. The molecule has 0 bridgehead atoms. The topological polar surface area (TPSA) is 24.5 Å². The van der Waals surface area contributed by atoms with Crippen molar-refractivity contribution in [3.63, 3.8) is 0 Å². The van der Waals surface area contributed by atoms with E-state index >= 15 is 0 Å². The van der Waals surface area contributed by atoms with Crippen LogP contribution in [0.25, 0.3) is 0 Å². The quantitative estimate of drug-likeness (QED) is 0.815. The van der Waals surface area contributed by atoms with Crippen molar-refractivity contribution in [2.24, 2.45) is 0 Å². The molecular formula is C18H28N2O. The lowest BCUT2D eigenvalue weighted by Crippen LogP contribution is -2.39. The average molecular weight is 288 g/mol. The highest BCUT2D eigenvalue weighted by molar-refractivity contribution is 5.57. The molecule has 21 heavy (non-hydrogen) atoms. The zero-order chi connectivity index (χ0) is 14.5. The average Bonchev–Trinajstić information content (AvgIpc) is 2.95. The molecule has 1 aromatic rings. The highest BCUT2D eigenvalue weighted by Gasteiger charge is 2.21. The molecule has 1 saturated heterocycles. The largest absolute Gasteiger partial charge is 0.378 e. The number of rotatable bonds is 6. The normalized spacial score (nSPS) is 25.1. The molecular weight excluding hydrogens is 260 g/mol. The number of benzene rings is 1. The molecule has 2 aliphatic rings. The third kappa shape index (κ3) is 3.78. The van der Waals surface area contributed by atoms with Crippen molar-refractivity contribution in [2.75, 3.05) is 31.1 Å². The molecule has 2 unspecified atom stereocenters.